The molecule has 36 heavy (non-hydrogen) atoms. The van der Waals surface area contributed by atoms with Crippen molar-refractivity contribution >= 4 is 0 Å². The van der Waals surface area contributed by atoms with Gasteiger partial charge in [-0.2, -0.15) is 0 Å². The molecular formula is C20H36O16. The van der Waals surface area contributed by atoms with Crippen molar-refractivity contribution < 1.29 is 79.1 Å². The monoisotopic (exact) mass is 532 g/mol. The van der Waals surface area contributed by atoms with E-state index in [-0.39, 0.29) is 6.61 Å². The highest BCUT2D eigenvalue weighted by Gasteiger charge is 2.53. The minimum Gasteiger partial charge on any atom is -0.394 e. The van der Waals surface area contributed by atoms with Gasteiger partial charge in [-0.1, -0.05) is 0 Å². The van der Waals surface area contributed by atoms with E-state index in [1.165, 1.54) is 14.2 Å². The zero-order valence-electron chi connectivity index (χ0n) is 19.7. The van der Waals surface area contributed by atoms with Crippen LogP contribution >= 0.6 is 0 Å². The number of hydrogen-bond donors (Lipinski definition) is 9. The Balaban J connectivity index is 1.71. The largest absolute Gasteiger partial charge is 0.394 e. The molecule has 16 heteroatoms. The number of ether oxygens (including phenoxy) is 7. The normalized spacial score (nSPS) is 50.2. The average Bonchev–Trinajstić information content (AvgIpc) is 2.87. The van der Waals surface area contributed by atoms with E-state index < -0.39 is 105 Å². The molecule has 0 aromatic rings. The maximum Gasteiger partial charge on any atom is 0.187 e. The Morgan fingerprint density at radius 3 is 1.39 bits per heavy atom. The lowest BCUT2D eigenvalue weighted by atomic mass is 9.96. The SMILES string of the molecule is COCC1O[C@H](O[C@@H]2C(CO)O[C@H](O[C@@H]3C(CO)O[C@H](OC)C(O)[C@H]3O)C(O)[C@H]2O)C(O)[C@@H](O)[C@@H]1O. The van der Waals surface area contributed by atoms with E-state index in [0.717, 1.165) is 0 Å². The zero-order chi connectivity index (χ0) is 26.7. The van der Waals surface area contributed by atoms with Crippen LogP contribution in [-0.2, 0) is 33.2 Å². The predicted octanol–water partition coefficient (Wildman–Crippen LogP) is -6.26. The van der Waals surface area contributed by atoms with Gasteiger partial charge >= 0.3 is 0 Å². The highest BCUT2D eigenvalue weighted by Crippen LogP contribution is 2.32. The van der Waals surface area contributed by atoms with Gasteiger partial charge in [0.25, 0.3) is 0 Å². The first-order chi connectivity index (χ1) is 17.1. The predicted molar refractivity (Wildman–Crippen MR) is 111 cm³/mol. The summed E-state index contributed by atoms with van der Waals surface area (Å²) in [7, 11) is 2.54. The van der Waals surface area contributed by atoms with Crippen molar-refractivity contribution in [3.63, 3.8) is 0 Å². The van der Waals surface area contributed by atoms with Gasteiger partial charge in [0.1, 0.15) is 73.2 Å². The first-order valence-corrected chi connectivity index (χ1v) is 11.4. The number of rotatable bonds is 9. The van der Waals surface area contributed by atoms with Crippen LogP contribution in [0.5, 0.6) is 0 Å². The summed E-state index contributed by atoms with van der Waals surface area (Å²) in [5.74, 6) is 0. The summed E-state index contributed by atoms with van der Waals surface area (Å²) in [5.41, 5.74) is 0. The molecule has 0 amide bonds. The lowest BCUT2D eigenvalue weighted by Gasteiger charge is -2.48. The third kappa shape index (κ3) is 5.99. The molecule has 0 bridgehead atoms. The molecule has 0 spiro atoms. The fourth-order valence-corrected chi connectivity index (χ4v) is 4.39. The summed E-state index contributed by atoms with van der Waals surface area (Å²) in [6.45, 7) is -1.60. The second-order valence-electron chi connectivity index (χ2n) is 8.82. The van der Waals surface area contributed by atoms with Crippen molar-refractivity contribution in [1.82, 2.24) is 0 Å². The molecule has 3 rings (SSSR count). The lowest BCUT2D eigenvalue weighted by Crippen LogP contribution is -2.66. The van der Waals surface area contributed by atoms with Crippen LogP contribution in [0, 0.1) is 0 Å². The summed E-state index contributed by atoms with van der Waals surface area (Å²) in [4.78, 5) is 0. The van der Waals surface area contributed by atoms with Gasteiger partial charge in [-0.05, 0) is 0 Å². The third-order valence-corrected chi connectivity index (χ3v) is 6.46. The molecule has 15 atom stereocenters. The van der Waals surface area contributed by atoms with Gasteiger partial charge in [-0.3, -0.25) is 0 Å². The average molecular weight is 532 g/mol. The Labute approximate surface area is 206 Å². The van der Waals surface area contributed by atoms with Crippen LogP contribution in [0.3, 0.4) is 0 Å². The molecule has 3 heterocycles. The molecule has 9 N–H and O–H groups in total. The van der Waals surface area contributed by atoms with Crippen LogP contribution in [0.2, 0.25) is 0 Å². The first-order valence-electron chi connectivity index (χ1n) is 11.4. The summed E-state index contributed by atoms with van der Waals surface area (Å²) in [5, 5.41) is 91.9. The summed E-state index contributed by atoms with van der Waals surface area (Å²) in [6.07, 6.45) is -23.0. The second kappa shape index (κ2) is 12.9. The summed E-state index contributed by atoms with van der Waals surface area (Å²) < 4.78 is 37.2. The van der Waals surface area contributed by atoms with Gasteiger partial charge in [-0.25, -0.2) is 0 Å². The molecule has 0 aromatic heterocycles. The molecule has 212 valence electrons. The molecular weight excluding hydrogens is 496 g/mol. The molecule has 0 aromatic carbocycles. The quantitative estimate of drug-likeness (QED) is 0.134. The fraction of sp³-hybridized carbons (Fsp3) is 1.00. The van der Waals surface area contributed by atoms with Crippen LogP contribution in [0.25, 0.3) is 0 Å². The lowest BCUT2D eigenvalue weighted by molar-refractivity contribution is -0.378. The minimum atomic E-state index is -1.85. The molecule has 0 radical (unpaired) electrons. The molecule has 3 fully saturated rings. The van der Waals surface area contributed by atoms with Crippen molar-refractivity contribution in [3.05, 3.63) is 0 Å². The zero-order valence-corrected chi connectivity index (χ0v) is 19.7. The van der Waals surface area contributed by atoms with E-state index in [0.29, 0.717) is 0 Å². The molecule has 6 unspecified atom stereocenters. The van der Waals surface area contributed by atoms with Crippen molar-refractivity contribution in [1.29, 1.82) is 0 Å². The number of methoxy groups -OCH3 is 2. The third-order valence-electron chi connectivity index (χ3n) is 6.46. The van der Waals surface area contributed by atoms with Crippen LogP contribution in [-0.4, -0.2) is 172 Å². The summed E-state index contributed by atoms with van der Waals surface area (Å²) in [6, 6.07) is 0. The minimum absolute atomic E-state index is 0.163. The maximum absolute atomic E-state index is 10.7. The first kappa shape index (κ1) is 29.9. The Morgan fingerprint density at radius 1 is 0.528 bits per heavy atom. The van der Waals surface area contributed by atoms with Crippen LogP contribution in [0.1, 0.15) is 0 Å². The van der Waals surface area contributed by atoms with E-state index in [9.17, 15) is 46.0 Å². The molecule has 3 aliphatic rings. The van der Waals surface area contributed by atoms with Crippen molar-refractivity contribution in [2.45, 2.75) is 92.1 Å². The standard InChI is InChI=1S/C20H36O16/c1-30-5-8-9(23)10(24)13(27)19(34-8)35-17-7(4-22)33-20(15(29)12(17)26)36-16-6(3-21)32-18(31-2)14(28)11(16)25/h6-29H,3-5H2,1-2H3/t6?,7?,8?,9-,10+,11-,12-,13?,14?,15?,16-,17-,18+,19-,20-/m1/s1. The van der Waals surface area contributed by atoms with Crippen LogP contribution < -0.4 is 0 Å². The highest BCUT2D eigenvalue weighted by molar-refractivity contribution is 4.96. The van der Waals surface area contributed by atoms with Gasteiger partial charge in [0.05, 0.1) is 19.8 Å². The Morgan fingerprint density at radius 2 is 0.944 bits per heavy atom. The molecule has 0 aliphatic carbocycles. The summed E-state index contributed by atoms with van der Waals surface area (Å²) >= 11 is 0. The van der Waals surface area contributed by atoms with Gasteiger partial charge in [0.2, 0.25) is 0 Å². The molecule has 0 saturated carbocycles. The number of aliphatic hydroxyl groups excluding tert-OH is 9. The number of hydrogen-bond acceptors (Lipinski definition) is 16. The van der Waals surface area contributed by atoms with Gasteiger partial charge in [0, 0.05) is 14.2 Å². The Kier molecular flexibility index (Phi) is 10.8. The molecule has 16 nitrogen and oxygen atoms in total. The van der Waals surface area contributed by atoms with Crippen molar-refractivity contribution in [2.24, 2.45) is 0 Å². The van der Waals surface area contributed by atoms with Crippen LogP contribution in [0.4, 0.5) is 0 Å². The Hall–Kier alpha value is -0.640. The number of aliphatic hydroxyl groups is 9. The van der Waals surface area contributed by atoms with E-state index in [4.69, 9.17) is 33.2 Å². The van der Waals surface area contributed by atoms with Gasteiger partial charge in [0.15, 0.2) is 18.9 Å². The van der Waals surface area contributed by atoms with E-state index in [2.05, 4.69) is 0 Å². The van der Waals surface area contributed by atoms with Gasteiger partial charge < -0.3 is 79.1 Å². The molecule has 3 aliphatic heterocycles. The van der Waals surface area contributed by atoms with E-state index in [1.807, 2.05) is 0 Å². The smallest absolute Gasteiger partial charge is 0.187 e. The Bertz CT molecular complexity index is 668. The maximum atomic E-state index is 10.7. The van der Waals surface area contributed by atoms with E-state index >= 15 is 0 Å². The van der Waals surface area contributed by atoms with E-state index in [1.54, 1.807) is 0 Å². The fourth-order valence-electron chi connectivity index (χ4n) is 4.39. The highest BCUT2D eigenvalue weighted by atomic mass is 16.8. The van der Waals surface area contributed by atoms with Crippen molar-refractivity contribution in [3.8, 4) is 0 Å². The topological polar surface area (TPSA) is 247 Å². The second-order valence-corrected chi connectivity index (χ2v) is 8.82. The van der Waals surface area contributed by atoms with Crippen LogP contribution in [0.15, 0.2) is 0 Å². The van der Waals surface area contributed by atoms with Gasteiger partial charge in [-0.15, -0.1) is 0 Å². The van der Waals surface area contributed by atoms with Crippen molar-refractivity contribution in [2.75, 3.05) is 34.0 Å². The molecule has 3 saturated heterocycles.